The van der Waals surface area contributed by atoms with Gasteiger partial charge in [0.15, 0.2) is 6.29 Å². The summed E-state index contributed by atoms with van der Waals surface area (Å²) in [6, 6.07) is 5.72. The van der Waals surface area contributed by atoms with Crippen molar-refractivity contribution in [3.8, 4) is 5.75 Å². The number of hydrogen-bond acceptors (Lipinski definition) is 11. The molecule has 29 heavy (non-hydrogen) atoms. The first-order valence-electron chi connectivity index (χ1n) is 9.15. The minimum atomic E-state index is -1.73. The van der Waals surface area contributed by atoms with Crippen LogP contribution in [0, 0.1) is 0 Å². The van der Waals surface area contributed by atoms with E-state index in [1.807, 2.05) is 0 Å². The second-order valence-electron chi connectivity index (χ2n) is 7.15. The summed E-state index contributed by atoms with van der Waals surface area (Å²) in [6.07, 6.45) is -14.4. The molecule has 1 aromatic rings. The van der Waals surface area contributed by atoms with Crippen molar-refractivity contribution in [1.82, 2.24) is 0 Å². The molecule has 0 radical (unpaired) electrons. The summed E-state index contributed by atoms with van der Waals surface area (Å²) in [5.41, 5.74) is 0.433. The summed E-state index contributed by atoms with van der Waals surface area (Å²) in [5, 5.41) is 79.4. The van der Waals surface area contributed by atoms with E-state index in [1.165, 1.54) is 24.3 Å². The molecule has 0 aliphatic carbocycles. The zero-order valence-corrected chi connectivity index (χ0v) is 15.3. The van der Waals surface area contributed by atoms with Crippen molar-refractivity contribution in [2.45, 2.75) is 61.2 Å². The van der Waals surface area contributed by atoms with E-state index in [1.54, 1.807) is 0 Å². The van der Waals surface area contributed by atoms with Crippen LogP contribution in [-0.4, -0.2) is 109 Å². The average molecular weight is 418 g/mol. The lowest BCUT2D eigenvalue weighted by atomic mass is 9.90. The lowest BCUT2D eigenvalue weighted by molar-refractivity contribution is -0.342. The molecule has 11 nitrogen and oxygen atoms in total. The van der Waals surface area contributed by atoms with Crippen molar-refractivity contribution in [3.05, 3.63) is 29.8 Å². The Kier molecular flexibility index (Phi) is 7.06. The zero-order valence-electron chi connectivity index (χ0n) is 15.3. The van der Waals surface area contributed by atoms with E-state index in [-0.39, 0.29) is 5.75 Å². The van der Waals surface area contributed by atoms with Gasteiger partial charge in [-0.3, -0.25) is 0 Å². The maximum Gasteiger partial charge on any atom is 0.187 e. The molecular weight excluding hydrogens is 392 g/mol. The van der Waals surface area contributed by atoms with E-state index in [9.17, 15) is 40.9 Å². The van der Waals surface area contributed by atoms with Gasteiger partial charge in [-0.25, -0.2) is 0 Å². The summed E-state index contributed by atoms with van der Waals surface area (Å²) in [4.78, 5) is 0. The van der Waals surface area contributed by atoms with Crippen LogP contribution < -0.4 is 0 Å². The van der Waals surface area contributed by atoms with Gasteiger partial charge in [-0.05, 0) is 17.7 Å². The molecule has 0 amide bonds. The fourth-order valence-corrected chi connectivity index (χ4v) is 3.52. The van der Waals surface area contributed by atoms with E-state index >= 15 is 0 Å². The summed E-state index contributed by atoms with van der Waals surface area (Å²) in [7, 11) is 0. The minimum Gasteiger partial charge on any atom is -0.508 e. The molecule has 0 bridgehead atoms. The number of rotatable bonds is 5. The van der Waals surface area contributed by atoms with Crippen LogP contribution in [0.2, 0.25) is 0 Å². The molecule has 3 rings (SSSR count). The maximum atomic E-state index is 10.7. The van der Waals surface area contributed by atoms with Gasteiger partial charge < -0.3 is 55.1 Å². The van der Waals surface area contributed by atoms with E-state index in [0.717, 1.165) is 0 Å². The van der Waals surface area contributed by atoms with Gasteiger partial charge in [-0.2, -0.15) is 0 Å². The second-order valence-corrected chi connectivity index (χ2v) is 7.15. The lowest BCUT2D eigenvalue weighted by Gasteiger charge is -2.46. The Morgan fingerprint density at radius 1 is 0.724 bits per heavy atom. The standard InChI is InChI=1S/C18H26O11/c19-5-9-11(22)13(24)14(25)18(28-9)29-17-12(23)10(6-20)27-16(15(17)26)7-1-3-8(21)4-2-7/h1-4,9-26H,5-6H2/t9-,10-,11-,12+,13+,14+,15+,16-,17+,18-/m1/s1. The van der Waals surface area contributed by atoms with Crippen molar-refractivity contribution in [1.29, 1.82) is 0 Å². The normalized spacial score (nSPS) is 43.3. The van der Waals surface area contributed by atoms with E-state index < -0.39 is 74.4 Å². The highest BCUT2D eigenvalue weighted by atomic mass is 16.7. The van der Waals surface area contributed by atoms with Gasteiger partial charge in [0.2, 0.25) is 0 Å². The number of phenols is 1. The van der Waals surface area contributed by atoms with Gasteiger partial charge in [0, 0.05) is 0 Å². The number of aliphatic hydroxyl groups excluding tert-OH is 7. The molecule has 0 unspecified atom stereocenters. The molecular formula is C18H26O11. The first-order valence-corrected chi connectivity index (χ1v) is 9.15. The summed E-state index contributed by atoms with van der Waals surface area (Å²) in [5.74, 6) is -0.00749. The third kappa shape index (κ3) is 4.39. The molecule has 164 valence electrons. The molecule has 2 aliphatic rings. The Bertz CT molecular complexity index is 654. The third-order valence-electron chi connectivity index (χ3n) is 5.23. The van der Waals surface area contributed by atoms with Gasteiger partial charge in [-0.1, -0.05) is 12.1 Å². The first-order chi connectivity index (χ1) is 13.8. The Labute approximate surface area is 165 Å². The van der Waals surface area contributed by atoms with Gasteiger partial charge >= 0.3 is 0 Å². The molecule has 1 aromatic carbocycles. The van der Waals surface area contributed by atoms with E-state index in [2.05, 4.69) is 0 Å². The SMILES string of the molecule is OC[C@H]1O[C@H](c2ccc(O)cc2)[C@H](O)[C@@H](O[C@H]2O[C@H](CO)[C@@H](O)[C@H](O)[C@@H]2O)[C@H]1O. The van der Waals surface area contributed by atoms with Crippen LogP contribution in [-0.2, 0) is 14.2 Å². The highest BCUT2D eigenvalue weighted by Gasteiger charge is 2.50. The minimum absolute atomic E-state index is 0.00749. The smallest absolute Gasteiger partial charge is 0.187 e. The molecule has 10 atom stereocenters. The number of hydrogen-bond donors (Lipinski definition) is 8. The van der Waals surface area contributed by atoms with Crippen molar-refractivity contribution in [3.63, 3.8) is 0 Å². The van der Waals surface area contributed by atoms with Gasteiger partial charge in [0.25, 0.3) is 0 Å². The van der Waals surface area contributed by atoms with E-state index in [0.29, 0.717) is 5.56 Å². The van der Waals surface area contributed by atoms with Crippen LogP contribution in [0.15, 0.2) is 24.3 Å². The quantitative estimate of drug-likeness (QED) is 0.239. The molecule has 0 saturated carbocycles. The van der Waals surface area contributed by atoms with Crippen LogP contribution in [0.25, 0.3) is 0 Å². The van der Waals surface area contributed by atoms with Crippen LogP contribution in [0.3, 0.4) is 0 Å². The fourth-order valence-electron chi connectivity index (χ4n) is 3.52. The molecule has 8 N–H and O–H groups in total. The summed E-state index contributed by atoms with van der Waals surface area (Å²) in [6.45, 7) is -1.27. The molecule has 2 saturated heterocycles. The topological polar surface area (TPSA) is 190 Å². The largest absolute Gasteiger partial charge is 0.508 e. The Morgan fingerprint density at radius 3 is 1.90 bits per heavy atom. The van der Waals surface area contributed by atoms with Crippen LogP contribution in [0.1, 0.15) is 11.7 Å². The molecule has 0 aromatic heterocycles. The van der Waals surface area contributed by atoms with Crippen LogP contribution in [0.4, 0.5) is 0 Å². The molecule has 0 spiro atoms. The maximum absolute atomic E-state index is 10.7. The Balaban J connectivity index is 1.82. The summed E-state index contributed by atoms with van der Waals surface area (Å²) < 4.78 is 16.4. The molecule has 2 fully saturated rings. The highest BCUT2D eigenvalue weighted by Crippen LogP contribution is 2.36. The van der Waals surface area contributed by atoms with Crippen molar-refractivity contribution >= 4 is 0 Å². The summed E-state index contributed by atoms with van der Waals surface area (Å²) >= 11 is 0. The number of benzene rings is 1. The monoisotopic (exact) mass is 418 g/mol. The van der Waals surface area contributed by atoms with Gasteiger partial charge in [-0.15, -0.1) is 0 Å². The Morgan fingerprint density at radius 2 is 1.31 bits per heavy atom. The highest BCUT2D eigenvalue weighted by molar-refractivity contribution is 5.28. The van der Waals surface area contributed by atoms with Crippen LogP contribution in [0.5, 0.6) is 5.75 Å². The molecule has 2 heterocycles. The average Bonchev–Trinajstić information content (AvgIpc) is 2.72. The van der Waals surface area contributed by atoms with Crippen LogP contribution >= 0.6 is 0 Å². The van der Waals surface area contributed by atoms with E-state index in [4.69, 9.17) is 14.2 Å². The number of aromatic hydroxyl groups is 1. The zero-order chi connectivity index (χ0) is 21.3. The van der Waals surface area contributed by atoms with Crippen molar-refractivity contribution < 1.29 is 55.1 Å². The lowest BCUT2D eigenvalue weighted by Crippen LogP contribution is -2.63. The van der Waals surface area contributed by atoms with Crippen molar-refractivity contribution in [2.24, 2.45) is 0 Å². The van der Waals surface area contributed by atoms with Gasteiger partial charge in [0.1, 0.15) is 60.7 Å². The predicted octanol–water partition coefficient (Wildman–Crippen LogP) is -3.27. The number of phenolic OH excluding ortho intramolecular Hbond substituents is 1. The third-order valence-corrected chi connectivity index (χ3v) is 5.23. The second kappa shape index (κ2) is 9.18. The predicted molar refractivity (Wildman–Crippen MR) is 93.5 cm³/mol. The molecule has 2 aliphatic heterocycles. The fraction of sp³-hybridized carbons (Fsp3) is 0.667. The number of aliphatic hydroxyl groups is 7. The first kappa shape index (κ1) is 22.3. The number of ether oxygens (including phenoxy) is 3. The van der Waals surface area contributed by atoms with Crippen molar-refractivity contribution in [2.75, 3.05) is 13.2 Å². The Hall–Kier alpha value is -1.38. The molecule has 11 heteroatoms. The van der Waals surface area contributed by atoms with Gasteiger partial charge in [0.05, 0.1) is 13.2 Å².